The molecule has 0 saturated heterocycles. The van der Waals surface area contributed by atoms with E-state index in [0.717, 1.165) is 6.08 Å². The summed E-state index contributed by atoms with van der Waals surface area (Å²) in [5.41, 5.74) is 0. The Bertz CT molecular complexity index is 292. The fourth-order valence-electron chi connectivity index (χ4n) is 0.502. The summed E-state index contributed by atoms with van der Waals surface area (Å²) >= 11 is 0. The Morgan fingerprint density at radius 1 is 1.54 bits per heavy atom. The molecule has 0 aromatic heterocycles. The van der Waals surface area contributed by atoms with Crippen molar-refractivity contribution in [2.45, 2.75) is 12.2 Å². The van der Waals surface area contributed by atoms with Gasteiger partial charge in [0.15, 0.2) is 6.10 Å². The zero-order valence-corrected chi connectivity index (χ0v) is 7.14. The normalized spacial score (nSPS) is 16.2. The van der Waals surface area contributed by atoms with Gasteiger partial charge in [-0.15, -0.1) is 6.58 Å². The van der Waals surface area contributed by atoms with Crippen LogP contribution in [0.5, 0.6) is 0 Å². The van der Waals surface area contributed by atoms with Gasteiger partial charge in [0.05, 0.1) is 0 Å². The van der Waals surface area contributed by atoms with E-state index in [1.807, 2.05) is 0 Å². The number of aliphatic hydroxyl groups is 1. The molecular formula is C5H8O7S. The molecule has 0 saturated carbocycles. The summed E-state index contributed by atoms with van der Waals surface area (Å²) in [5.74, 6) is -1.69. The van der Waals surface area contributed by atoms with E-state index >= 15 is 0 Å². The molecule has 0 aliphatic carbocycles. The highest BCUT2D eigenvalue weighted by Gasteiger charge is 2.27. The number of carboxylic acids is 1. The van der Waals surface area contributed by atoms with Crippen molar-refractivity contribution in [1.82, 2.24) is 0 Å². The van der Waals surface area contributed by atoms with Crippen LogP contribution in [-0.2, 0) is 19.4 Å². The quantitative estimate of drug-likeness (QED) is 0.386. The Hall–Kier alpha value is -0.960. The van der Waals surface area contributed by atoms with Crippen LogP contribution in [0.2, 0.25) is 0 Å². The Labute approximate surface area is 74.2 Å². The van der Waals surface area contributed by atoms with Crippen LogP contribution >= 0.6 is 0 Å². The third kappa shape index (κ3) is 4.58. The molecule has 0 spiro atoms. The second-order valence-electron chi connectivity index (χ2n) is 2.01. The Morgan fingerprint density at radius 3 is 2.23 bits per heavy atom. The number of aliphatic hydroxyl groups excluding tert-OH is 1. The Balaban J connectivity index is 4.54. The molecule has 0 aromatic carbocycles. The van der Waals surface area contributed by atoms with E-state index in [-0.39, 0.29) is 0 Å². The van der Waals surface area contributed by atoms with Crippen LogP contribution in [0, 0.1) is 0 Å². The highest BCUT2D eigenvalue weighted by molar-refractivity contribution is 7.80. The monoisotopic (exact) mass is 212 g/mol. The van der Waals surface area contributed by atoms with Crippen molar-refractivity contribution in [2.75, 3.05) is 0 Å². The molecule has 0 heterocycles. The molecule has 2 unspecified atom stereocenters. The van der Waals surface area contributed by atoms with Gasteiger partial charge in [0.25, 0.3) is 0 Å². The number of rotatable bonds is 5. The van der Waals surface area contributed by atoms with E-state index in [0.29, 0.717) is 0 Å². The summed E-state index contributed by atoms with van der Waals surface area (Å²) < 4.78 is 32.2. The first-order valence-corrected chi connectivity index (χ1v) is 4.33. The topological polar surface area (TPSA) is 121 Å². The lowest BCUT2D eigenvalue weighted by atomic mass is 10.2. The summed E-state index contributed by atoms with van der Waals surface area (Å²) in [6.45, 7) is 3.02. The van der Waals surface area contributed by atoms with Crippen LogP contribution in [0.4, 0.5) is 0 Å². The Morgan fingerprint density at radius 2 is 2.00 bits per heavy atom. The molecule has 8 heteroatoms. The van der Waals surface area contributed by atoms with Crippen LogP contribution in [0.1, 0.15) is 0 Å². The number of carboxylic acid groups (broad SMARTS) is 1. The zero-order chi connectivity index (χ0) is 10.6. The molecule has 3 N–H and O–H groups in total. The summed E-state index contributed by atoms with van der Waals surface area (Å²) in [4.78, 5) is 10.1. The van der Waals surface area contributed by atoms with Gasteiger partial charge in [0.2, 0.25) is 0 Å². The molecule has 0 aromatic rings. The van der Waals surface area contributed by atoms with Crippen LogP contribution in [0.3, 0.4) is 0 Å². The van der Waals surface area contributed by atoms with Gasteiger partial charge >= 0.3 is 16.4 Å². The molecule has 76 valence electrons. The molecule has 0 rings (SSSR count). The molecule has 0 radical (unpaired) electrons. The second-order valence-corrected chi connectivity index (χ2v) is 3.06. The van der Waals surface area contributed by atoms with Crippen LogP contribution in [0.15, 0.2) is 12.7 Å². The minimum Gasteiger partial charge on any atom is -0.479 e. The maximum atomic E-state index is 10.1. The predicted molar refractivity (Wildman–Crippen MR) is 40.3 cm³/mol. The van der Waals surface area contributed by atoms with Gasteiger partial charge in [-0.3, -0.25) is 4.55 Å². The summed E-state index contributed by atoms with van der Waals surface area (Å²) in [5, 5.41) is 17.0. The maximum absolute atomic E-state index is 10.1. The van der Waals surface area contributed by atoms with Gasteiger partial charge in [0.1, 0.15) is 6.10 Å². The lowest BCUT2D eigenvalue weighted by molar-refractivity contribution is -0.150. The van der Waals surface area contributed by atoms with Gasteiger partial charge in [-0.1, -0.05) is 6.08 Å². The van der Waals surface area contributed by atoms with Gasteiger partial charge < -0.3 is 10.2 Å². The van der Waals surface area contributed by atoms with Crippen molar-refractivity contribution in [3.8, 4) is 0 Å². The highest BCUT2D eigenvalue weighted by Crippen LogP contribution is 2.04. The van der Waals surface area contributed by atoms with Crippen LogP contribution in [-0.4, -0.2) is 41.4 Å². The van der Waals surface area contributed by atoms with Gasteiger partial charge in [-0.2, -0.15) is 8.42 Å². The van der Waals surface area contributed by atoms with E-state index < -0.39 is 28.6 Å². The number of aliphatic carboxylic acids is 1. The molecule has 0 aliphatic rings. The maximum Gasteiger partial charge on any atom is 0.398 e. The molecule has 7 nitrogen and oxygen atoms in total. The minimum absolute atomic E-state index is 0.743. The van der Waals surface area contributed by atoms with Crippen molar-refractivity contribution in [2.24, 2.45) is 0 Å². The van der Waals surface area contributed by atoms with Crippen LogP contribution < -0.4 is 0 Å². The SMILES string of the molecule is C=CC(OS(=O)(=O)O)C(O)C(=O)O. The van der Waals surface area contributed by atoms with Crippen molar-refractivity contribution >= 4 is 16.4 Å². The molecule has 0 aliphatic heterocycles. The van der Waals surface area contributed by atoms with E-state index in [9.17, 15) is 13.2 Å². The summed E-state index contributed by atoms with van der Waals surface area (Å²) in [7, 11) is -4.81. The van der Waals surface area contributed by atoms with Gasteiger partial charge in [0, 0.05) is 0 Å². The van der Waals surface area contributed by atoms with Crippen molar-refractivity contribution in [3.63, 3.8) is 0 Å². The standard InChI is InChI=1S/C5H8O7S/c1-2-3(4(6)5(7)8)12-13(9,10)11/h2-4,6H,1H2,(H,7,8)(H,9,10,11). The Kier molecular flexibility index (Phi) is 4.01. The third-order valence-corrected chi connectivity index (χ3v) is 1.49. The number of carbonyl (C=O) groups is 1. The largest absolute Gasteiger partial charge is 0.479 e. The number of hydrogen-bond donors (Lipinski definition) is 3. The molecule has 0 amide bonds. The average Bonchev–Trinajstić information content (AvgIpc) is 1.97. The molecule has 0 fully saturated rings. The first kappa shape index (κ1) is 12.0. The fraction of sp³-hybridized carbons (Fsp3) is 0.400. The fourth-order valence-corrected chi connectivity index (χ4v) is 0.966. The average molecular weight is 212 g/mol. The van der Waals surface area contributed by atoms with Crippen molar-refractivity contribution in [1.29, 1.82) is 0 Å². The summed E-state index contributed by atoms with van der Waals surface area (Å²) in [6, 6.07) is 0. The molecular weight excluding hydrogens is 204 g/mol. The summed E-state index contributed by atoms with van der Waals surface area (Å²) in [6.07, 6.45) is -3.07. The van der Waals surface area contributed by atoms with Crippen LogP contribution in [0.25, 0.3) is 0 Å². The first-order chi connectivity index (χ1) is 5.78. The molecule has 13 heavy (non-hydrogen) atoms. The minimum atomic E-state index is -4.81. The lowest BCUT2D eigenvalue weighted by Gasteiger charge is -2.13. The molecule has 0 bridgehead atoms. The lowest BCUT2D eigenvalue weighted by Crippen LogP contribution is -2.35. The van der Waals surface area contributed by atoms with Gasteiger partial charge in [-0.05, 0) is 0 Å². The zero-order valence-electron chi connectivity index (χ0n) is 6.32. The molecule has 2 atom stereocenters. The first-order valence-electron chi connectivity index (χ1n) is 2.97. The van der Waals surface area contributed by atoms with E-state index in [4.69, 9.17) is 14.8 Å². The van der Waals surface area contributed by atoms with Gasteiger partial charge in [-0.25, -0.2) is 8.98 Å². The van der Waals surface area contributed by atoms with E-state index in [1.54, 1.807) is 0 Å². The van der Waals surface area contributed by atoms with Crippen molar-refractivity contribution in [3.05, 3.63) is 12.7 Å². The van der Waals surface area contributed by atoms with Crippen molar-refractivity contribution < 1.29 is 32.2 Å². The number of hydrogen-bond acceptors (Lipinski definition) is 5. The third-order valence-electron chi connectivity index (χ3n) is 1.03. The highest BCUT2D eigenvalue weighted by atomic mass is 32.3. The van der Waals surface area contributed by atoms with E-state index in [2.05, 4.69) is 10.8 Å². The van der Waals surface area contributed by atoms with E-state index in [1.165, 1.54) is 0 Å². The smallest absolute Gasteiger partial charge is 0.398 e. The predicted octanol–water partition coefficient (Wildman–Crippen LogP) is -1.19. The second kappa shape index (κ2) is 4.33.